The Hall–Kier alpha value is -4.06. The van der Waals surface area contributed by atoms with Crippen molar-refractivity contribution in [3.8, 4) is 6.07 Å². The molecular weight excluding hydrogens is 402 g/mol. The van der Waals surface area contributed by atoms with Gasteiger partial charge in [0.15, 0.2) is 5.41 Å². The van der Waals surface area contributed by atoms with E-state index in [0.717, 1.165) is 0 Å². The van der Waals surface area contributed by atoms with Gasteiger partial charge in [0, 0.05) is 11.3 Å². The van der Waals surface area contributed by atoms with E-state index in [4.69, 9.17) is 19.9 Å². The second-order valence-electron chi connectivity index (χ2n) is 6.73. The van der Waals surface area contributed by atoms with Gasteiger partial charge in [-0.2, -0.15) is 5.26 Å². The van der Waals surface area contributed by atoms with E-state index >= 15 is 0 Å². The summed E-state index contributed by atoms with van der Waals surface area (Å²) in [6.07, 6.45) is 1.37. The summed E-state index contributed by atoms with van der Waals surface area (Å²) in [7, 11) is 0. The average Bonchev–Trinajstić information content (AvgIpc) is 2.96. The lowest BCUT2D eigenvalue weighted by Gasteiger charge is -2.34. The lowest BCUT2D eigenvalue weighted by molar-refractivity contribution is -0.142. The lowest BCUT2D eigenvalue weighted by Crippen LogP contribution is -2.49. The molecule has 1 spiro atoms. The summed E-state index contributed by atoms with van der Waals surface area (Å²) in [5, 5.41) is 9.92. The number of carbonyl (C=O) groups is 3. The van der Waals surface area contributed by atoms with E-state index < -0.39 is 29.8 Å². The molecule has 0 saturated carbocycles. The van der Waals surface area contributed by atoms with Crippen LogP contribution in [0, 0.1) is 11.3 Å². The highest BCUT2D eigenvalue weighted by molar-refractivity contribution is 6.19. The van der Waals surface area contributed by atoms with Crippen LogP contribution in [0.4, 0.5) is 5.69 Å². The van der Waals surface area contributed by atoms with E-state index in [1.54, 1.807) is 31.2 Å². The molecule has 1 aromatic rings. The molecule has 160 valence electrons. The molecule has 1 amide bonds. The highest BCUT2D eigenvalue weighted by Gasteiger charge is 2.62. The summed E-state index contributed by atoms with van der Waals surface area (Å²) < 4.78 is 15.6. The van der Waals surface area contributed by atoms with Gasteiger partial charge in [0.05, 0.1) is 6.61 Å². The molecule has 2 heterocycles. The summed E-state index contributed by atoms with van der Waals surface area (Å²) in [6.45, 7) is 6.23. The maximum absolute atomic E-state index is 13.9. The van der Waals surface area contributed by atoms with Crippen molar-refractivity contribution in [3.05, 3.63) is 65.3 Å². The van der Waals surface area contributed by atoms with Crippen LogP contribution in [0.1, 0.15) is 19.4 Å². The SMILES string of the molecule is C=CCOC(=O)C1=C(C)OC(N)=C(C#N)C12C(=O)N(CC(=O)OCC)c1ccccc12. The van der Waals surface area contributed by atoms with Crippen molar-refractivity contribution in [2.24, 2.45) is 5.73 Å². The first kappa shape index (κ1) is 21.6. The largest absolute Gasteiger partial charge is 0.465 e. The molecule has 2 aliphatic rings. The molecule has 0 aliphatic carbocycles. The number of nitrogens with two attached hydrogens (primary N) is 1. The number of carbonyl (C=O) groups excluding carboxylic acids is 3. The third kappa shape index (κ3) is 3.22. The fourth-order valence-electron chi connectivity index (χ4n) is 3.91. The van der Waals surface area contributed by atoms with Gasteiger partial charge in [-0.05, 0) is 19.9 Å². The number of hydrogen-bond donors (Lipinski definition) is 1. The van der Waals surface area contributed by atoms with Crippen molar-refractivity contribution in [1.82, 2.24) is 0 Å². The molecule has 2 aliphatic heterocycles. The van der Waals surface area contributed by atoms with Crippen molar-refractivity contribution in [2.45, 2.75) is 19.3 Å². The van der Waals surface area contributed by atoms with Crippen LogP contribution in [0.25, 0.3) is 0 Å². The predicted octanol–water partition coefficient (Wildman–Crippen LogP) is 1.56. The van der Waals surface area contributed by atoms with Crippen molar-refractivity contribution in [2.75, 3.05) is 24.7 Å². The number of allylic oxidation sites excluding steroid dienone is 1. The zero-order valence-corrected chi connectivity index (χ0v) is 17.1. The number of nitriles is 1. The molecule has 1 aromatic carbocycles. The normalized spacial score (nSPS) is 19.6. The summed E-state index contributed by atoms with van der Waals surface area (Å²) in [5.41, 5.74) is 4.30. The number of nitrogens with zero attached hydrogens (tertiary/aromatic N) is 2. The van der Waals surface area contributed by atoms with E-state index in [-0.39, 0.29) is 36.0 Å². The number of rotatable bonds is 6. The molecule has 0 aromatic heterocycles. The smallest absolute Gasteiger partial charge is 0.339 e. The highest BCUT2D eigenvalue weighted by atomic mass is 16.5. The van der Waals surface area contributed by atoms with Gasteiger partial charge in [-0.15, -0.1) is 0 Å². The Morgan fingerprint density at radius 3 is 2.71 bits per heavy atom. The topological polar surface area (TPSA) is 132 Å². The minimum atomic E-state index is -1.91. The Morgan fingerprint density at radius 2 is 2.06 bits per heavy atom. The van der Waals surface area contributed by atoms with E-state index in [1.165, 1.54) is 17.9 Å². The van der Waals surface area contributed by atoms with Gasteiger partial charge in [0.25, 0.3) is 0 Å². The van der Waals surface area contributed by atoms with Crippen molar-refractivity contribution in [1.29, 1.82) is 5.26 Å². The van der Waals surface area contributed by atoms with Gasteiger partial charge in [-0.1, -0.05) is 30.9 Å². The molecule has 9 nitrogen and oxygen atoms in total. The monoisotopic (exact) mass is 423 g/mol. The average molecular weight is 423 g/mol. The highest BCUT2D eigenvalue weighted by Crippen LogP contribution is 2.54. The first-order chi connectivity index (χ1) is 14.8. The predicted molar refractivity (Wildman–Crippen MR) is 109 cm³/mol. The minimum Gasteiger partial charge on any atom is -0.465 e. The van der Waals surface area contributed by atoms with E-state index in [0.29, 0.717) is 11.3 Å². The number of hydrogen-bond acceptors (Lipinski definition) is 8. The Labute approximate surface area is 179 Å². The van der Waals surface area contributed by atoms with Gasteiger partial charge < -0.3 is 19.9 Å². The molecule has 1 unspecified atom stereocenters. The van der Waals surface area contributed by atoms with Crippen molar-refractivity contribution < 1.29 is 28.6 Å². The van der Waals surface area contributed by atoms with Crippen LogP contribution in [0.15, 0.2) is 59.7 Å². The third-order valence-corrected chi connectivity index (χ3v) is 5.02. The fourth-order valence-corrected chi connectivity index (χ4v) is 3.91. The molecule has 2 N–H and O–H groups in total. The van der Waals surface area contributed by atoms with Crippen LogP contribution in [-0.4, -0.2) is 37.6 Å². The zero-order chi connectivity index (χ0) is 22.8. The maximum atomic E-state index is 13.9. The molecule has 3 rings (SSSR count). The van der Waals surface area contributed by atoms with Crippen molar-refractivity contribution >= 4 is 23.5 Å². The molecule has 1 atom stereocenters. The van der Waals surface area contributed by atoms with Crippen LogP contribution in [-0.2, 0) is 34.0 Å². The van der Waals surface area contributed by atoms with Crippen molar-refractivity contribution in [3.63, 3.8) is 0 Å². The lowest BCUT2D eigenvalue weighted by atomic mass is 9.68. The molecule has 0 radical (unpaired) electrons. The Balaban J connectivity index is 2.30. The van der Waals surface area contributed by atoms with Gasteiger partial charge in [0.2, 0.25) is 11.8 Å². The Kier molecular flexibility index (Phi) is 5.83. The van der Waals surface area contributed by atoms with Crippen LogP contribution in [0.2, 0.25) is 0 Å². The van der Waals surface area contributed by atoms with Crippen LogP contribution in [0.3, 0.4) is 0 Å². The number of ether oxygens (including phenoxy) is 3. The number of benzene rings is 1. The number of fused-ring (bicyclic) bond motifs is 2. The van der Waals surface area contributed by atoms with E-state index in [2.05, 4.69) is 6.58 Å². The number of para-hydroxylation sites is 1. The summed E-state index contributed by atoms with van der Waals surface area (Å²) in [5.74, 6) is -2.48. The first-order valence-electron chi connectivity index (χ1n) is 9.49. The standard InChI is InChI=1S/C22H21N3O6/c1-4-10-30-20(27)18-13(3)31-19(24)15(11-23)22(18)14-8-6-7-9-16(14)25(21(22)28)12-17(26)29-5-2/h4,6-9H,1,5,10,12,24H2,2-3H3. The fraction of sp³-hybridized carbons (Fsp3) is 0.273. The van der Waals surface area contributed by atoms with E-state index in [1.807, 2.05) is 6.07 Å². The Bertz CT molecular complexity index is 1080. The summed E-state index contributed by atoms with van der Waals surface area (Å²) in [4.78, 5) is 40.3. The van der Waals surface area contributed by atoms with E-state index in [9.17, 15) is 19.6 Å². The summed E-state index contributed by atoms with van der Waals surface area (Å²) >= 11 is 0. The molecule has 0 saturated heterocycles. The van der Waals surface area contributed by atoms with Gasteiger partial charge in [-0.25, -0.2) is 4.79 Å². The van der Waals surface area contributed by atoms with Gasteiger partial charge in [0.1, 0.15) is 36.1 Å². The number of anilines is 1. The quantitative estimate of drug-likeness (QED) is 0.539. The van der Waals surface area contributed by atoms with Crippen LogP contribution >= 0.6 is 0 Å². The first-order valence-corrected chi connectivity index (χ1v) is 9.49. The van der Waals surface area contributed by atoms with Crippen LogP contribution < -0.4 is 10.6 Å². The molecule has 0 bridgehead atoms. The second kappa shape index (κ2) is 8.36. The van der Waals surface area contributed by atoms with Gasteiger partial charge in [-0.3, -0.25) is 14.5 Å². The third-order valence-electron chi connectivity index (χ3n) is 5.02. The zero-order valence-electron chi connectivity index (χ0n) is 17.1. The van der Waals surface area contributed by atoms with Crippen LogP contribution in [0.5, 0.6) is 0 Å². The second-order valence-corrected chi connectivity index (χ2v) is 6.73. The molecular formula is C22H21N3O6. The minimum absolute atomic E-state index is 0.0201. The number of esters is 2. The number of amides is 1. The molecule has 0 fully saturated rings. The molecule has 31 heavy (non-hydrogen) atoms. The summed E-state index contributed by atoms with van der Waals surface area (Å²) in [6, 6.07) is 8.47. The van der Waals surface area contributed by atoms with Gasteiger partial charge >= 0.3 is 11.9 Å². The molecule has 9 heteroatoms. The maximum Gasteiger partial charge on any atom is 0.339 e. The Morgan fingerprint density at radius 1 is 1.35 bits per heavy atom.